The summed E-state index contributed by atoms with van der Waals surface area (Å²) in [5.41, 5.74) is 1.20. The van der Waals surface area contributed by atoms with Crippen molar-refractivity contribution in [3.05, 3.63) is 54.1 Å². The van der Waals surface area contributed by atoms with Crippen LogP contribution >= 0.6 is 0 Å². The quantitative estimate of drug-likeness (QED) is 0.600. The molecule has 5 heteroatoms. The lowest BCUT2D eigenvalue weighted by Crippen LogP contribution is -2.14. The molecule has 0 aliphatic carbocycles. The fourth-order valence-electron chi connectivity index (χ4n) is 2.28. The molecule has 0 radical (unpaired) electrons. The van der Waals surface area contributed by atoms with Crippen molar-refractivity contribution in [3.63, 3.8) is 0 Å². The van der Waals surface area contributed by atoms with Crippen LogP contribution < -0.4 is 14.8 Å². The molecule has 0 saturated heterocycles. The van der Waals surface area contributed by atoms with Gasteiger partial charge in [-0.25, -0.2) is 0 Å². The van der Waals surface area contributed by atoms with Gasteiger partial charge in [-0.3, -0.25) is 4.79 Å². The monoisotopic (exact) mass is 357 g/mol. The molecule has 0 fully saturated rings. The summed E-state index contributed by atoms with van der Waals surface area (Å²) in [5, 5.41) is 2.89. The van der Waals surface area contributed by atoms with Crippen molar-refractivity contribution >= 4 is 11.6 Å². The minimum Gasteiger partial charge on any atom is -0.494 e. The number of anilines is 1. The highest BCUT2D eigenvalue weighted by Gasteiger charge is 2.10. The molecule has 0 aromatic heterocycles. The van der Waals surface area contributed by atoms with Gasteiger partial charge < -0.3 is 19.5 Å². The summed E-state index contributed by atoms with van der Waals surface area (Å²) in [7, 11) is 0. The normalized spacial score (nSPS) is 10.4. The molecule has 26 heavy (non-hydrogen) atoms. The lowest BCUT2D eigenvalue weighted by atomic mass is 10.2. The van der Waals surface area contributed by atoms with Crippen molar-refractivity contribution in [1.82, 2.24) is 0 Å². The first kappa shape index (κ1) is 19.8. The van der Waals surface area contributed by atoms with Crippen LogP contribution in [0.15, 0.2) is 48.5 Å². The third-order valence-corrected chi connectivity index (χ3v) is 3.71. The molecule has 0 unspecified atom stereocenters. The van der Waals surface area contributed by atoms with E-state index in [9.17, 15) is 4.79 Å². The number of unbranched alkanes of at least 4 members (excludes halogenated alkanes) is 1. The molecule has 2 rings (SSSR count). The second-order valence-corrected chi connectivity index (χ2v) is 5.72. The summed E-state index contributed by atoms with van der Waals surface area (Å²) in [6, 6.07) is 14.5. The molecule has 2 aromatic carbocycles. The highest BCUT2D eigenvalue weighted by atomic mass is 16.5. The lowest BCUT2D eigenvalue weighted by Gasteiger charge is -2.13. The number of hydrogen-bond donors (Lipinski definition) is 1. The summed E-state index contributed by atoms with van der Waals surface area (Å²) >= 11 is 0. The lowest BCUT2D eigenvalue weighted by molar-refractivity contribution is 0.102. The number of ether oxygens (including phenoxy) is 3. The van der Waals surface area contributed by atoms with Crippen molar-refractivity contribution in [1.29, 1.82) is 0 Å². The van der Waals surface area contributed by atoms with Crippen LogP contribution in [0.3, 0.4) is 0 Å². The number of para-hydroxylation sites is 2. The van der Waals surface area contributed by atoms with Crippen molar-refractivity contribution in [2.24, 2.45) is 0 Å². The fraction of sp³-hybridized carbons (Fsp3) is 0.381. The first-order valence-corrected chi connectivity index (χ1v) is 9.08. The second kappa shape index (κ2) is 11.2. The van der Waals surface area contributed by atoms with Crippen molar-refractivity contribution < 1.29 is 19.0 Å². The van der Waals surface area contributed by atoms with E-state index in [0.29, 0.717) is 43.4 Å². The van der Waals surface area contributed by atoms with Gasteiger partial charge in [0.05, 0.1) is 18.9 Å². The molecule has 0 bridgehead atoms. The Morgan fingerprint density at radius 2 is 1.69 bits per heavy atom. The molecular formula is C21H27NO4. The third kappa shape index (κ3) is 6.41. The fourth-order valence-corrected chi connectivity index (χ4v) is 2.28. The van der Waals surface area contributed by atoms with Crippen molar-refractivity contribution in [2.45, 2.75) is 26.7 Å². The third-order valence-electron chi connectivity index (χ3n) is 3.71. The zero-order chi connectivity index (χ0) is 18.6. The van der Waals surface area contributed by atoms with Crippen LogP contribution in [-0.4, -0.2) is 32.3 Å². The minimum atomic E-state index is -0.189. The zero-order valence-corrected chi connectivity index (χ0v) is 15.5. The van der Waals surface area contributed by atoms with E-state index in [2.05, 4.69) is 12.2 Å². The number of amides is 1. The van der Waals surface area contributed by atoms with Gasteiger partial charge in [-0.05, 0) is 49.7 Å². The van der Waals surface area contributed by atoms with E-state index >= 15 is 0 Å². The number of nitrogens with one attached hydrogen (secondary N) is 1. The molecule has 0 aliphatic heterocycles. The Balaban J connectivity index is 1.94. The molecule has 0 spiro atoms. The average molecular weight is 357 g/mol. The Bertz CT molecular complexity index is 670. The molecular weight excluding hydrogens is 330 g/mol. The number of carbonyl (C=O) groups is 1. The van der Waals surface area contributed by atoms with E-state index in [1.807, 2.05) is 43.3 Å². The molecule has 0 aliphatic rings. The second-order valence-electron chi connectivity index (χ2n) is 5.72. The first-order chi connectivity index (χ1) is 12.7. The van der Waals surface area contributed by atoms with Crippen LogP contribution in [-0.2, 0) is 4.74 Å². The first-order valence-electron chi connectivity index (χ1n) is 9.08. The van der Waals surface area contributed by atoms with Crippen LogP contribution in [0.2, 0.25) is 0 Å². The SMILES string of the molecule is CCCCOc1ccc(C(=O)Nc2ccccc2OCCOCC)cc1. The maximum Gasteiger partial charge on any atom is 0.255 e. The van der Waals surface area contributed by atoms with Gasteiger partial charge in [0.2, 0.25) is 0 Å². The predicted octanol–water partition coefficient (Wildman–Crippen LogP) is 4.53. The molecule has 0 heterocycles. The molecule has 140 valence electrons. The van der Waals surface area contributed by atoms with Gasteiger partial charge in [-0.2, -0.15) is 0 Å². The van der Waals surface area contributed by atoms with E-state index in [0.717, 1.165) is 18.6 Å². The van der Waals surface area contributed by atoms with Gasteiger partial charge in [0.25, 0.3) is 5.91 Å². The molecule has 1 amide bonds. The summed E-state index contributed by atoms with van der Waals surface area (Å²) < 4.78 is 16.6. The van der Waals surface area contributed by atoms with Gasteiger partial charge in [0, 0.05) is 12.2 Å². The zero-order valence-electron chi connectivity index (χ0n) is 15.5. The summed E-state index contributed by atoms with van der Waals surface area (Å²) in [6.07, 6.45) is 2.11. The van der Waals surface area contributed by atoms with Crippen molar-refractivity contribution in [3.8, 4) is 11.5 Å². The van der Waals surface area contributed by atoms with Gasteiger partial charge in [0.1, 0.15) is 18.1 Å². The Kier molecular flexibility index (Phi) is 8.49. The number of hydrogen-bond acceptors (Lipinski definition) is 4. The smallest absolute Gasteiger partial charge is 0.255 e. The van der Waals surface area contributed by atoms with Gasteiger partial charge >= 0.3 is 0 Å². The average Bonchev–Trinajstić information content (AvgIpc) is 2.67. The van der Waals surface area contributed by atoms with Crippen LogP contribution in [0, 0.1) is 0 Å². The molecule has 2 aromatic rings. The van der Waals surface area contributed by atoms with E-state index in [1.165, 1.54) is 0 Å². The van der Waals surface area contributed by atoms with Gasteiger partial charge in [-0.15, -0.1) is 0 Å². The van der Waals surface area contributed by atoms with E-state index in [4.69, 9.17) is 14.2 Å². The number of carbonyl (C=O) groups excluding carboxylic acids is 1. The Hall–Kier alpha value is -2.53. The maximum atomic E-state index is 12.5. The van der Waals surface area contributed by atoms with Crippen LogP contribution in [0.25, 0.3) is 0 Å². The van der Waals surface area contributed by atoms with Crippen LogP contribution in [0.4, 0.5) is 5.69 Å². The van der Waals surface area contributed by atoms with Crippen LogP contribution in [0.1, 0.15) is 37.0 Å². The summed E-state index contributed by atoms with van der Waals surface area (Å²) in [6.45, 7) is 6.35. The molecule has 5 nitrogen and oxygen atoms in total. The highest BCUT2D eigenvalue weighted by Crippen LogP contribution is 2.24. The Labute approximate surface area is 155 Å². The molecule has 0 atom stereocenters. The number of rotatable bonds is 11. The standard InChI is InChI=1S/C21H27NO4/c1-3-5-14-25-18-12-10-17(11-13-18)21(23)22-19-8-6-7-9-20(19)26-16-15-24-4-2/h6-13H,3-5,14-16H2,1-2H3,(H,22,23). The Morgan fingerprint density at radius 1 is 0.923 bits per heavy atom. The predicted molar refractivity (Wildman–Crippen MR) is 103 cm³/mol. The number of benzene rings is 2. The largest absolute Gasteiger partial charge is 0.494 e. The van der Waals surface area contributed by atoms with Gasteiger partial charge in [0.15, 0.2) is 0 Å². The topological polar surface area (TPSA) is 56.8 Å². The van der Waals surface area contributed by atoms with Gasteiger partial charge in [-0.1, -0.05) is 25.5 Å². The van der Waals surface area contributed by atoms with E-state index in [1.54, 1.807) is 12.1 Å². The van der Waals surface area contributed by atoms with Crippen molar-refractivity contribution in [2.75, 3.05) is 31.7 Å². The summed E-state index contributed by atoms with van der Waals surface area (Å²) in [4.78, 5) is 12.5. The summed E-state index contributed by atoms with van der Waals surface area (Å²) in [5.74, 6) is 1.21. The van der Waals surface area contributed by atoms with E-state index in [-0.39, 0.29) is 5.91 Å². The minimum absolute atomic E-state index is 0.189. The van der Waals surface area contributed by atoms with E-state index < -0.39 is 0 Å². The Morgan fingerprint density at radius 3 is 2.42 bits per heavy atom. The molecule has 1 N–H and O–H groups in total. The molecule has 0 saturated carbocycles. The highest BCUT2D eigenvalue weighted by molar-refractivity contribution is 6.05. The van der Waals surface area contributed by atoms with Crippen LogP contribution in [0.5, 0.6) is 11.5 Å². The maximum absolute atomic E-state index is 12.5.